The summed E-state index contributed by atoms with van der Waals surface area (Å²) < 4.78 is 26.1. The summed E-state index contributed by atoms with van der Waals surface area (Å²) >= 11 is 0. The molecule has 0 radical (unpaired) electrons. The predicted molar refractivity (Wildman–Crippen MR) is 78.6 cm³/mol. The minimum absolute atomic E-state index is 0.498. The number of allylic oxidation sites excluding steroid dienone is 2. The number of hydrogen-bond acceptors (Lipinski definition) is 1. The summed E-state index contributed by atoms with van der Waals surface area (Å²) in [5, 5.41) is 3.41. The molecular formula is C17H23F2N. The van der Waals surface area contributed by atoms with Crippen LogP contribution >= 0.6 is 0 Å². The predicted octanol–water partition coefficient (Wildman–Crippen LogP) is 4.09. The van der Waals surface area contributed by atoms with Crippen LogP contribution in [0, 0.1) is 23.5 Å². The molecule has 1 N–H and O–H groups in total. The maximum atomic E-state index is 13.0. The first-order valence-electron chi connectivity index (χ1n) is 7.36. The molecule has 2 rings (SSSR count). The molecular weight excluding hydrogens is 256 g/mol. The van der Waals surface area contributed by atoms with Crippen molar-refractivity contribution in [1.29, 1.82) is 0 Å². The van der Waals surface area contributed by atoms with Crippen LogP contribution in [0.4, 0.5) is 8.78 Å². The van der Waals surface area contributed by atoms with Gasteiger partial charge in [0.25, 0.3) is 0 Å². The molecule has 20 heavy (non-hydrogen) atoms. The SMILES string of the molecule is CC1=CC(C)CC(CNCCc2cc(F)cc(F)c2)C1. The standard InChI is InChI=1S/C17H23F2N/c1-12-5-13(2)7-15(6-12)11-20-4-3-14-8-16(18)10-17(19)9-14/h5,8-10,12,15,20H,3-4,6-7,11H2,1-2H3. The van der Waals surface area contributed by atoms with Gasteiger partial charge in [-0.2, -0.15) is 0 Å². The average Bonchev–Trinajstić information content (AvgIpc) is 2.32. The van der Waals surface area contributed by atoms with Crippen molar-refractivity contribution >= 4 is 0 Å². The monoisotopic (exact) mass is 279 g/mol. The van der Waals surface area contributed by atoms with E-state index in [1.807, 2.05) is 0 Å². The van der Waals surface area contributed by atoms with Crippen molar-refractivity contribution in [2.75, 3.05) is 13.1 Å². The van der Waals surface area contributed by atoms with E-state index in [1.165, 1.54) is 24.1 Å². The highest BCUT2D eigenvalue weighted by molar-refractivity contribution is 5.18. The third-order valence-electron chi connectivity index (χ3n) is 3.83. The number of nitrogens with one attached hydrogen (secondary N) is 1. The van der Waals surface area contributed by atoms with Gasteiger partial charge < -0.3 is 5.32 Å². The fourth-order valence-corrected chi connectivity index (χ4v) is 3.14. The maximum absolute atomic E-state index is 13.0. The van der Waals surface area contributed by atoms with E-state index in [0.29, 0.717) is 23.8 Å². The molecule has 2 unspecified atom stereocenters. The molecule has 0 aliphatic heterocycles. The molecule has 1 nitrogen and oxygen atoms in total. The Morgan fingerprint density at radius 1 is 1.20 bits per heavy atom. The quantitative estimate of drug-likeness (QED) is 0.632. The van der Waals surface area contributed by atoms with Crippen LogP contribution in [-0.4, -0.2) is 13.1 Å². The number of benzene rings is 1. The smallest absolute Gasteiger partial charge is 0.126 e. The minimum atomic E-state index is -0.498. The molecule has 1 aromatic rings. The van der Waals surface area contributed by atoms with E-state index in [-0.39, 0.29) is 0 Å². The third kappa shape index (κ3) is 4.71. The van der Waals surface area contributed by atoms with Crippen LogP contribution < -0.4 is 5.32 Å². The summed E-state index contributed by atoms with van der Waals surface area (Å²) in [4.78, 5) is 0. The summed E-state index contributed by atoms with van der Waals surface area (Å²) in [6, 6.07) is 3.72. The van der Waals surface area contributed by atoms with Crippen molar-refractivity contribution in [3.63, 3.8) is 0 Å². The van der Waals surface area contributed by atoms with Crippen LogP contribution in [0.25, 0.3) is 0 Å². The molecule has 0 aromatic heterocycles. The summed E-state index contributed by atoms with van der Waals surface area (Å²) in [5.74, 6) is 0.343. The van der Waals surface area contributed by atoms with Crippen molar-refractivity contribution in [3.05, 3.63) is 47.0 Å². The van der Waals surface area contributed by atoms with Gasteiger partial charge in [-0.1, -0.05) is 18.6 Å². The number of hydrogen-bond donors (Lipinski definition) is 1. The van der Waals surface area contributed by atoms with E-state index >= 15 is 0 Å². The van der Waals surface area contributed by atoms with Gasteiger partial charge in [0.1, 0.15) is 11.6 Å². The molecule has 1 aliphatic rings. The topological polar surface area (TPSA) is 12.0 Å². The molecule has 0 bridgehead atoms. The number of halogens is 2. The van der Waals surface area contributed by atoms with Crippen LogP contribution in [0.1, 0.15) is 32.3 Å². The van der Waals surface area contributed by atoms with Gasteiger partial charge >= 0.3 is 0 Å². The van der Waals surface area contributed by atoms with Crippen molar-refractivity contribution in [2.45, 2.75) is 33.1 Å². The normalized spacial score (nSPS) is 22.7. The molecule has 2 atom stereocenters. The molecule has 0 saturated carbocycles. The van der Waals surface area contributed by atoms with E-state index in [4.69, 9.17) is 0 Å². The molecule has 0 amide bonds. The minimum Gasteiger partial charge on any atom is -0.316 e. The van der Waals surface area contributed by atoms with E-state index < -0.39 is 11.6 Å². The summed E-state index contributed by atoms with van der Waals surface area (Å²) in [6.45, 7) is 6.19. The lowest BCUT2D eigenvalue weighted by molar-refractivity contribution is 0.383. The Hall–Kier alpha value is -1.22. The second kappa shape index (κ2) is 6.98. The van der Waals surface area contributed by atoms with Gasteiger partial charge in [-0.25, -0.2) is 8.78 Å². The first-order valence-corrected chi connectivity index (χ1v) is 7.36. The van der Waals surface area contributed by atoms with Crippen molar-refractivity contribution in [2.24, 2.45) is 11.8 Å². The first kappa shape index (κ1) is 15.2. The molecule has 1 aliphatic carbocycles. The average molecular weight is 279 g/mol. The third-order valence-corrected chi connectivity index (χ3v) is 3.83. The number of rotatable bonds is 5. The zero-order chi connectivity index (χ0) is 14.5. The van der Waals surface area contributed by atoms with Crippen LogP contribution in [0.2, 0.25) is 0 Å². The van der Waals surface area contributed by atoms with Crippen molar-refractivity contribution < 1.29 is 8.78 Å². The molecule has 1 aromatic carbocycles. The lowest BCUT2D eigenvalue weighted by Gasteiger charge is -2.25. The zero-order valence-electron chi connectivity index (χ0n) is 12.3. The van der Waals surface area contributed by atoms with Gasteiger partial charge in [0.05, 0.1) is 0 Å². The zero-order valence-corrected chi connectivity index (χ0v) is 12.3. The Morgan fingerprint density at radius 3 is 2.55 bits per heavy atom. The molecule has 3 heteroatoms. The lowest BCUT2D eigenvalue weighted by atomic mass is 9.84. The van der Waals surface area contributed by atoms with Crippen LogP contribution in [0.3, 0.4) is 0 Å². The van der Waals surface area contributed by atoms with Crippen LogP contribution in [0.15, 0.2) is 29.8 Å². The van der Waals surface area contributed by atoms with E-state index in [1.54, 1.807) is 0 Å². The Morgan fingerprint density at radius 2 is 1.90 bits per heavy atom. The Kier molecular flexibility index (Phi) is 5.30. The first-order chi connectivity index (χ1) is 9.52. The molecule has 0 fully saturated rings. The Labute approximate surface area is 120 Å². The van der Waals surface area contributed by atoms with Gasteiger partial charge in [0.15, 0.2) is 0 Å². The second-order valence-corrected chi connectivity index (χ2v) is 6.03. The van der Waals surface area contributed by atoms with Gasteiger partial charge in [0, 0.05) is 6.07 Å². The van der Waals surface area contributed by atoms with E-state index in [9.17, 15) is 8.78 Å². The van der Waals surface area contributed by atoms with E-state index in [2.05, 4.69) is 25.2 Å². The molecule has 110 valence electrons. The summed E-state index contributed by atoms with van der Waals surface area (Å²) in [7, 11) is 0. The Balaban J connectivity index is 1.73. The van der Waals surface area contributed by atoms with Crippen molar-refractivity contribution in [1.82, 2.24) is 5.32 Å². The fraction of sp³-hybridized carbons (Fsp3) is 0.529. The molecule has 0 spiro atoms. The summed E-state index contributed by atoms with van der Waals surface area (Å²) in [6.07, 6.45) is 5.39. The van der Waals surface area contributed by atoms with Crippen LogP contribution in [0.5, 0.6) is 0 Å². The second-order valence-electron chi connectivity index (χ2n) is 6.03. The van der Waals surface area contributed by atoms with Gasteiger partial charge in [-0.15, -0.1) is 0 Å². The van der Waals surface area contributed by atoms with E-state index in [0.717, 1.165) is 25.6 Å². The van der Waals surface area contributed by atoms with Crippen LogP contribution in [-0.2, 0) is 6.42 Å². The highest BCUT2D eigenvalue weighted by Gasteiger charge is 2.17. The lowest BCUT2D eigenvalue weighted by Crippen LogP contribution is -2.27. The van der Waals surface area contributed by atoms with Gasteiger partial charge in [-0.3, -0.25) is 0 Å². The highest BCUT2D eigenvalue weighted by atomic mass is 19.1. The molecule has 0 heterocycles. The molecule has 0 saturated heterocycles. The highest BCUT2D eigenvalue weighted by Crippen LogP contribution is 2.27. The fourth-order valence-electron chi connectivity index (χ4n) is 3.14. The van der Waals surface area contributed by atoms with Crippen molar-refractivity contribution in [3.8, 4) is 0 Å². The van der Waals surface area contributed by atoms with Gasteiger partial charge in [-0.05, 0) is 68.8 Å². The van der Waals surface area contributed by atoms with Gasteiger partial charge in [0.2, 0.25) is 0 Å². The maximum Gasteiger partial charge on any atom is 0.126 e. The Bertz CT molecular complexity index is 462. The largest absolute Gasteiger partial charge is 0.316 e. The summed E-state index contributed by atoms with van der Waals surface area (Å²) in [5.41, 5.74) is 2.19.